The Morgan fingerprint density at radius 1 is 1.23 bits per heavy atom. The number of nitrogens with zero attached hydrogens (tertiary/aromatic N) is 4. The molecular formula is C24H34ClN5O. The lowest BCUT2D eigenvalue weighted by molar-refractivity contribution is -0.145. The standard InChI is InChI=1S/C24H34ClN5O/c1-4-28(5-2)11-10-26-23(31)19-12-24(13-19)16-29(17-24)14-20-15-30(27-18(20)3)22-8-6-21(25)7-9-22/h6-9,15,19H,4-5,10-14,16-17H2,1-3H3,(H,26,31). The van der Waals surface area contributed by atoms with Gasteiger partial charge in [-0.1, -0.05) is 25.4 Å². The molecular weight excluding hydrogens is 410 g/mol. The largest absolute Gasteiger partial charge is 0.355 e. The van der Waals surface area contributed by atoms with Gasteiger partial charge in [0.2, 0.25) is 5.91 Å². The van der Waals surface area contributed by atoms with Crippen molar-refractivity contribution in [2.24, 2.45) is 11.3 Å². The predicted molar refractivity (Wildman–Crippen MR) is 125 cm³/mol. The first-order valence-electron chi connectivity index (χ1n) is 11.4. The molecule has 4 rings (SSSR count). The first-order chi connectivity index (χ1) is 14.9. The molecule has 1 saturated heterocycles. The van der Waals surface area contributed by atoms with E-state index in [2.05, 4.69) is 47.2 Å². The van der Waals surface area contributed by atoms with Crippen LogP contribution in [0.3, 0.4) is 0 Å². The number of halogens is 1. The van der Waals surface area contributed by atoms with Gasteiger partial charge in [-0.25, -0.2) is 4.68 Å². The smallest absolute Gasteiger partial charge is 0.223 e. The molecule has 0 unspecified atom stereocenters. The summed E-state index contributed by atoms with van der Waals surface area (Å²) in [6.45, 7) is 13.2. The molecule has 2 aromatic rings. The van der Waals surface area contributed by atoms with Crippen LogP contribution < -0.4 is 5.32 Å². The Bertz CT molecular complexity index is 891. The van der Waals surface area contributed by atoms with E-state index in [-0.39, 0.29) is 11.8 Å². The summed E-state index contributed by atoms with van der Waals surface area (Å²) in [4.78, 5) is 17.2. The lowest BCUT2D eigenvalue weighted by atomic mass is 9.57. The molecule has 1 aliphatic heterocycles. The third-order valence-electron chi connectivity index (χ3n) is 6.96. The van der Waals surface area contributed by atoms with E-state index in [1.807, 2.05) is 28.9 Å². The van der Waals surface area contributed by atoms with Crippen molar-refractivity contribution >= 4 is 17.5 Å². The Balaban J connectivity index is 1.21. The van der Waals surface area contributed by atoms with Gasteiger partial charge in [0.1, 0.15) is 0 Å². The Hall–Kier alpha value is -1.89. The van der Waals surface area contributed by atoms with Gasteiger partial charge in [-0.3, -0.25) is 9.69 Å². The number of carbonyl (C=O) groups is 1. The number of likely N-dealkylation sites (N-methyl/N-ethyl adjacent to an activating group) is 1. The van der Waals surface area contributed by atoms with Crippen LogP contribution in [-0.2, 0) is 11.3 Å². The number of likely N-dealkylation sites (tertiary alicyclic amines) is 1. The van der Waals surface area contributed by atoms with Crippen molar-refractivity contribution in [1.29, 1.82) is 0 Å². The normalized spacial score (nSPS) is 18.2. The Kier molecular flexibility index (Phi) is 6.70. The van der Waals surface area contributed by atoms with Gasteiger partial charge >= 0.3 is 0 Å². The Morgan fingerprint density at radius 3 is 2.55 bits per heavy atom. The SMILES string of the molecule is CCN(CC)CCNC(=O)C1CC2(C1)CN(Cc1cn(-c3ccc(Cl)cc3)nc1C)C2. The summed E-state index contributed by atoms with van der Waals surface area (Å²) >= 11 is 5.99. The van der Waals surface area contributed by atoms with Crippen molar-refractivity contribution in [3.63, 3.8) is 0 Å². The number of benzene rings is 1. The van der Waals surface area contributed by atoms with Gasteiger partial charge in [-0.05, 0) is 62.5 Å². The van der Waals surface area contributed by atoms with Crippen LogP contribution in [0.4, 0.5) is 0 Å². The van der Waals surface area contributed by atoms with E-state index in [0.29, 0.717) is 5.41 Å². The molecule has 2 heterocycles. The van der Waals surface area contributed by atoms with E-state index in [1.54, 1.807) is 0 Å². The lowest BCUT2D eigenvalue weighted by Crippen LogP contribution is -2.63. The van der Waals surface area contributed by atoms with E-state index in [1.165, 1.54) is 5.56 Å². The molecule has 7 heteroatoms. The average Bonchev–Trinajstić information content (AvgIpc) is 3.06. The molecule has 1 saturated carbocycles. The molecule has 1 spiro atoms. The topological polar surface area (TPSA) is 53.4 Å². The number of aryl methyl sites for hydroxylation is 1. The first-order valence-corrected chi connectivity index (χ1v) is 11.8. The summed E-state index contributed by atoms with van der Waals surface area (Å²) in [7, 11) is 0. The maximum absolute atomic E-state index is 12.4. The highest BCUT2D eigenvalue weighted by molar-refractivity contribution is 6.30. The Labute approximate surface area is 190 Å². The number of nitrogens with one attached hydrogen (secondary N) is 1. The third kappa shape index (κ3) is 4.97. The van der Waals surface area contributed by atoms with Gasteiger partial charge in [0.25, 0.3) is 0 Å². The van der Waals surface area contributed by atoms with Gasteiger partial charge in [0.05, 0.1) is 11.4 Å². The van der Waals surface area contributed by atoms with E-state index in [4.69, 9.17) is 11.6 Å². The molecule has 1 N–H and O–H groups in total. The minimum absolute atomic E-state index is 0.202. The quantitative estimate of drug-likeness (QED) is 0.644. The molecule has 2 fully saturated rings. The zero-order chi connectivity index (χ0) is 22.0. The number of hydrogen-bond acceptors (Lipinski definition) is 4. The monoisotopic (exact) mass is 443 g/mol. The summed E-state index contributed by atoms with van der Waals surface area (Å²) in [6.07, 6.45) is 4.18. The zero-order valence-electron chi connectivity index (χ0n) is 18.9. The van der Waals surface area contributed by atoms with E-state index in [0.717, 1.165) is 75.1 Å². The van der Waals surface area contributed by atoms with Crippen molar-refractivity contribution < 1.29 is 4.79 Å². The number of rotatable bonds is 9. The predicted octanol–water partition coefficient (Wildman–Crippen LogP) is 3.50. The van der Waals surface area contributed by atoms with Crippen LogP contribution in [0.2, 0.25) is 5.02 Å². The van der Waals surface area contributed by atoms with Gasteiger partial charge in [-0.2, -0.15) is 5.10 Å². The highest BCUT2D eigenvalue weighted by Crippen LogP contribution is 2.52. The minimum Gasteiger partial charge on any atom is -0.355 e. The van der Waals surface area contributed by atoms with Crippen LogP contribution in [0.5, 0.6) is 0 Å². The van der Waals surface area contributed by atoms with Crippen LogP contribution >= 0.6 is 11.6 Å². The van der Waals surface area contributed by atoms with Gasteiger partial charge < -0.3 is 10.2 Å². The van der Waals surface area contributed by atoms with Gasteiger partial charge in [0.15, 0.2) is 0 Å². The molecule has 1 aromatic heterocycles. The zero-order valence-corrected chi connectivity index (χ0v) is 19.7. The molecule has 0 atom stereocenters. The van der Waals surface area contributed by atoms with E-state index >= 15 is 0 Å². The highest BCUT2D eigenvalue weighted by Gasteiger charge is 2.54. The average molecular weight is 444 g/mol. The number of amides is 1. The fourth-order valence-electron chi connectivity index (χ4n) is 5.08. The van der Waals surface area contributed by atoms with E-state index < -0.39 is 0 Å². The molecule has 0 bridgehead atoms. The van der Waals surface area contributed by atoms with Crippen molar-refractivity contribution in [3.8, 4) is 5.69 Å². The molecule has 168 valence electrons. The van der Waals surface area contributed by atoms with Crippen molar-refractivity contribution in [2.45, 2.75) is 40.2 Å². The summed E-state index contributed by atoms with van der Waals surface area (Å²) in [5.74, 6) is 0.449. The third-order valence-corrected chi connectivity index (χ3v) is 7.21. The Morgan fingerprint density at radius 2 is 1.90 bits per heavy atom. The fourth-order valence-corrected chi connectivity index (χ4v) is 5.21. The second kappa shape index (κ2) is 9.31. The number of hydrogen-bond donors (Lipinski definition) is 1. The second-order valence-corrected chi connectivity index (χ2v) is 9.67. The van der Waals surface area contributed by atoms with Crippen LogP contribution in [0.15, 0.2) is 30.5 Å². The molecule has 0 radical (unpaired) electrons. The maximum Gasteiger partial charge on any atom is 0.223 e. The summed E-state index contributed by atoms with van der Waals surface area (Å²) in [5, 5.41) is 8.54. The van der Waals surface area contributed by atoms with Crippen molar-refractivity contribution in [1.82, 2.24) is 24.9 Å². The molecule has 1 aromatic carbocycles. The summed E-state index contributed by atoms with van der Waals surface area (Å²) < 4.78 is 1.93. The molecule has 31 heavy (non-hydrogen) atoms. The summed E-state index contributed by atoms with van der Waals surface area (Å²) in [5.41, 5.74) is 3.71. The minimum atomic E-state index is 0.202. The van der Waals surface area contributed by atoms with Crippen LogP contribution in [-0.4, -0.2) is 64.8 Å². The maximum atomic E-state index is 12.4. The lowest BCUT2D eigenvalue weighted by Gasteiger charge is -2.58. The van der Waals surface area contributed by atoms with Crippen LogP contribution in [0, 0.1) is 18.3 Å². The summed E-state index contributed by atoms with van der Waals surface area (Å²) in [6, 6.07) is 7.75. The van der Waals surface area contributed by atoms with Crippen LogP contribution in [0.25, 0.3) is 5.69 Å². The van der Waals surface area contributed by atoms with Gasteiger partial charge in [-0.15, -0.1) is 0 Å². The molecule has 6 nitrogen and oxygen atoms in total. The van der Waals surface area contributed by atoms with Crippen molar-refractivity contribution in [2.75, 3.05) is 39.3 Å². The first kappa shape index (κ1) is 22.3. The van der Waals surface area contributed by atoms with Gasteiger partial charge in [0, 0.05) is 55.4 Å². The molecule has 2 aliphatic rings. The molecule has 1 aliphatic carbocycles. The number of carbonyl (C=O) groups excluding carboxylic acids is 1. The highest BCUT2D eigenvalue weighted by atomic mass is 35.5. The number of aromatic nitrogens is 2. The van der Waals surface area contributed by atoms with Crippen molar-refractivity contribution in [3.05, 3.63) is 46.7 Å². The fraction of sp³-hybridized carbons (Fsp3) is 0.583. The second-order valence-electron chi connectivity index (χ2n) is 9.23. The van der Waals surface area contributed by atoms with Crippen LogP contribution in [0.1, 0.15) is 37.9 Å². The van der Waals surface area contributed by atoms with E-state index in [9.17, 15) is 4.79 Å². The molecule has 1 amide bonds.